The van der Waals surface area contributed by atoms with E-state index in [-0.39, 0.29) is 0 Å². The van der Waals surface area contributed by atoms with Gasteiger partial charge in [-0.1, -0.05) is 24.9 Å². The number of thiophene rings is 1. The van der Waals surface area contributed by atoms with Crippen molar-refractivity contribution >= 4 is 28.7 Å². The zero-order valence-electron chi connectivity index (χ0n) is 9.54. The molecule has 1 saturated carbocycles. The fourth-order valence-corrected chi connectivity index (χ4v) is 3.60. The van der Waals surface area contributed by atoms with Gasteiger partial charge in [0, 0.05) is 17.2 Å². The molecule has 0 amide bonds. The first-order valence-corrected chi connectivity index (χ1v) is 7.15. The fourth-order valence-electron chi connectivity index (χ4n) is 2.50. The van der Waals surface area contributed by atoms with E-state index in [1.54, 1.807) is 0 Å². The van der Waals surface area contributed by atoms with Gasteiger partial charge in [-0.05, 0) is 37.3 Å². The smallest absolute Gasteiger partial charge is 0.141 e. The van der Waals surface area contributed by atoms with Crippen molar-refractivity contribution in [2.45, 2.75) is 39.0 Å². The monoisotopic (exact) mass is 256 g/mol. The van der Waals surface area contributed by atoms with E-state index in [0.717, 1.165) is 28.0 Å². The minimum Gasteiger partial charge on any atom is -0.299 e. The van der Waals surface area contributed by atoms with Crippen molar-refractivity contribution in [1.29, 1.82) is 0 Å². The first-order valence-electron chi connectivity index (χ1n) is 5.96. The average Bonchev–Trinajstić information content (AvgIpc) is 2.87. The van der Waals surface area contributed by atoms with E-state index in [2.05, 4.69) is 6.92 Å². The summed E-state index contributed by atoms with van der Waals surface area (Å²) in [5.74, 6) is 1.50. The number of hydrogen-bond donors (Lipinski definition) is 0. The number of Topliss-reactive ketones (excluding diaryl/α,β-unsaturated/α-hetero) is 1. The zero-order valence-corrected chi connectivity index (χ0v) is 11.1. The molecule has 1 fully saturated rings. The second-order valence-electron chi connectivity index (χ2n) is 4.63. The van der Waals surface area contributed by atoms with Crippen molar-refractivity contribution in [3.05, 3.63) is 21.3 Å². The van der Waals surface area contributed by atoms with Crippen LogP contribution in [-0.2, 0) is 11.2 Å². The average molecular weight is 257 g/mol. The van der Waals surface area contributed by atoms with Crippen LogP contribution in [0.4, 0.5) is 0 Å². The summed E-state index contributed by atoms with van der Waals surface area (Å²) in [5, 5.41) is 0. The van der Waals surface area contributed by atoms with Gasteiger partial charge in [0.1, 0.15) is 5.78 Å². The van der Waals surface area contributed by atoms with Crippen molar-refractivity contribution < 1.29 is 4.79 Å². The molecule has 2 atom stereocenters. The normalized spacial score (nSPS) is 24.9. The Morgan fingerprint density at radius 1 is 1.50 bits per heavy atom. The molecule has 0 aliphatic heterocycles. The highest BCUT2D eigenvalue weighted by molar-refractivity contribution is 7.16. The maximum atomic E-state index is 12.0. The van der Waals surface area contributed by atoms with E-state index < -0.39 is 0 Å². The van der Waals surface area contributed by atoms with Crippen molar-refractivity contribution in [2.24, 2.45) is 11.8 Å². The number of hydrogen-bond acceptors (Lipinski definition) is 2. The van der Waals surface area contributed by atoms with E-state index in [0.29, 0.717) is 18.1 Å². The molecule has 0 aromatic carbocycles. The molecular formula is C13H17ClOS. The van der Waals surface area contributed by atoms with Gasteiger partial charge in [0.25, 0.3) is 0 Å². The van der Waals surface area contributed by atoms with Gasteiger partial charge in [-0.15, -0.1) is 11.3 Å². The summed E-state index contributed by atoms with van der Waals surface area (Å²) in [5.41, 5.74) is 0. The summed E-state index contributed by atoms with van der Waals surface area (Å²) in [7, 11) is 0. The van der Waals surface area contributed by atoms with E-state index in [1.165, 1.54) is 24.2 Å². The van der Waals surface area contributed by atoms with Crippen LogP contribution in [-0.4, -0.2) is 5.78 Å². The second-order valence-corrected chi connectivity index (χ2v) is 6.43. The first-order chi connectivity index (χ1) is 7.69. The zero-order chi connectivity index (χ0) is 11.5. The molecule has 0 bridgehead atoms. The Labute approximate surface area is 106 Å². The molecule has 0 N–H and O–H groups in total. The van der Waals surface area contributed by atoms with Crippen molar-refractivity contribution in [3.8, 4) is 0 Å². The predicted molar refractivity (Wildman–Crippen MR) is 69.2 cm³/mol. The standard InChI is InChI=1S/C13H17ClOS/c1-2-9-3-4-10(7-9)12(15)8-11-5-6-13(14)16-11/h5-6,9-10H,2-4,7-8H2,1H3. The van der Waals surface area contributed by atoms with Crippen molar-refractivity contribution in [3.63, 3.8) is 0 Å². The van der Waals surface area contributed by atoms with Crippen LogP contribution in [0.1, 0.15) is 37.5 Å². The number of carbonyl (C=O) groups is 1. The van der Waals surface area contributed by atoms with Crippen LogP contribution in [0.15, 0.2) is 12.1 Å². The maximum Gasteiger partial charge on any atom is 0.141 e. The van der Waals surface area contributed by atoms with E-state index in [1.807, 2.05) is 12.1 Å². The Kier molecular flexibility index (Phi) is 4.04. The van der Waals surface area contributed by atoms with E-state index >= 15 is 0 Å². The molecule has 0 saturated heterocycles. The maximum absolute atomic E-state index is 12.0. The highest BCUT2D eigenvalue weighted by atomic mass is 35.5. The molecule has 2 rings (SSSR count). The topological polar surface area (TPSA) is 17.1 Å². The van der Waals surface area contributed by atoms with Crippen LogP contribution in [0, 0.1) is 11.8 Å². The third-order valence-electron chi connectivity index (χ3n) is 3.55. The third kappa shape index (κ3) is 2.86. The minimum absolute atomic E-state index is 0.311. The lowest BCUT2D eigenvalue weighted by Crippen LogP contribution is -2.13. The van der Waals surface area contributed by atoms with Gasteiger partial charge in [0.05, 0.1) is 4.34 Å². The molecule has 88 valence electrons. The molecule has 1 aromatic heterocycles. The molecule has 1 aliphatic rings. The summed E-state index contributed by atoms with van der Waals surface area (Å²) >= 11 is 7.38. The predicted octanol–water partition coefficient (Wildman–Crippen LogP) is 4.34. The molecule has 1 heterocycles. The van der Waals surface area contributed by atoms with E-state index in [4.69, 9.17) is 11.6 Å². The lowest BCUT2D eigenvalue weighted by molar-refractivity contribution is -0.122. The molecule has 0 radical (unpaired) electrons. The first kappa shape index (κ1) is 12.1. The Hall–Kier alpha value is -0.340. The van der Waals surface area contributed by atoms with E-state index in [9.17, 15) is 4.79 Å². The van der Waals surface area contributed by atoms with Gasteiger partial charge in [0.2, 0.25) is 0 Å². The van der Waals surface area contributed by atoms with Crippen LogP contribution >= 0.6 is 22.9 Å². The van der Waals surface area contributed by atoms with Crippen LogP contribution in [0.25, 0.3) is 0 Å². The molecule has 3 heteroatoms. The fraction of sp³-hybridized carbons (Fsp3) is 0.615. The quantitative estimate of drug-likeness (QED) is 0.783. The molecule has 0 spiro atoms. The molecule has 2 unspecified atom stereocenters. The Bertz CT molecular complexity index is 372. The highest BCUT2D eigenvalue weighted by Crippen LogP contribution is 2.34. The summed E-state index contributed by atoms with van der Waals surface area (Å²) in [6, 6.07) is 3.84. The Morgan fingerprint density at radius 2 is 2.31 bits per heavy atom. The SMILES string of the molecule is CCC1CCC(C(=O)Cc2ccc(Cl)s2)C1. The number of rotatable bonds is 4. The molecule has 1 aliphatic carbocycles. The van der Waals surface area contributed by atoms with Gasteiger partial charge in [-0.25, -0.2) is 0 Å². The van der Waals surface area contributed by atoms with Gasteiger partial charge >= 0.3 is 0 Å². The summed E-state index contributed by atoms with van der Waals surface area (Å²) in [6.07, 6.45) is 5.23. The number of halogens is 1. The van der Waals surface area contributed by atoms with Crippen LogP contribution in [0.5, 0.6) is 0 Å². The number of ketones is 1. The largest absolute Gasteiger partial charge is 0.299 e. The Balaban J connectivity index is 1.89. The second kappa shape index (κ2) is 5.33. The lowest BCUT2D eigenvalue weighted by Gasteiger charge is -2.08. The number of carbonyl (C=O) groups excluding carboxylic acids is 1. The van der Waals surface area contributed by atoms with Crippen molar-refractivity contribution in [2.75, 3.05) is 0 Å². The van der Waals surface area contributed by atoms with Gasteiger partial charge in [-0.2, -0.15) is 0 Å². The van der Waals surface area contributed by atoms with Crippen LogP contribution in [0.2, 0.25) is 4.34 Å². The summed E-state index contributed by atoms with van der Waals surface area (Å²) in [4.78, 5) is 13.2. The van der Waals surface area contributed by atoms with Crippen LogP contribution in [0.3, 0.4) is 0 Å². The minimum atomic E-state index is 0.311. The molecular weight excluding hydrogens is 240 g/mol. The molecule has 16 heavy (non-hydrogen) atoms. The Morgan fingerprint density at radius 3 is 2.88 bits per heavy atom. The molecule has 1 aromatic rings. The summed E-state index contributed by atoms with van der Waals surface area (Å²) in [6.45, 7) is 2.22. The van der Waals surface area contributed by atoms with Gasteiger partial charge in [0.15, 0.2) is 0 Å². The van der Waals surface area contributed by atoms with Crippen molar-refractivity contribution in [1.82, 2.24) is 0 Å². The lowest BCUT2D eigenvalue weighted by atomic mass is 9.97. The third-order valence-corrected chi connectivity index (χ3v) is 4.78. The molecule has 1 nitrogen and oxygen atoms in total. The summed E-state index contributed by atoms with van der Waals surface area (Å²) < 4.78 is 0.778. The van der Waals surface area contributed by atoms with Gasteiger partial charge < -0.3 is 0 Å². The highest BCUT2D eigenvalue weighted by Gasteiger charge is 2.28. The van der Waals surface area contributed by atoms with Gasteiger partial charge in [-0.3, -0.25) is 4.79 Å². The van der Waals surface area contributed by atoms with Crippen LogP contribution < -0.4 is 0 Å².